The molecule has 0 N–H and O–H groups in total. The van der Waals surface area contributed by atoms with Gasteiger partial charge < -0.3 is 9.47 Å². The predicted octanol–water partition coefficient (Wildman–Crippen LogP) is 6.56. The first-order valence-electron chi connectivity index (χ1n) is 9.63. The zero-order valence-electron chi connectivity index (χ0n) is 16.0. The summed E-state index contributed by atoms with van der Waals surface area (Å²) in [7, 11) is 0. The number of carbonyl (C=O) groups excluding carboxylic acids is 1. The summed E-state index contributed by atoms with van der Waals surface area (Å²) < 4.78 is 2.18. The Morgan fingerprint density at radius 3 is 2.63 bits per heavy atom. The van der Waals surface area contributed by atoms with Crippen LogP contribution in [0.4, 0.5) is 5.69 Å². The van der Waals surface area contributed by atoms with Crippen molar-refractivity contribution in [3.63, 3.8) is 0 Å². The third kappa shape index (κ3) is 3.60. The van der Waals surface area contributed by atoms with E-state index >= 15 is 0 Å². The molecule has 6 heteroatoms. The number of thioether (sulfide) groups is 1. The van der Waals surface area contributed by atoms with E-state index < -0.39 is 0 Å². The fourth-order valence-corrected chi connectivity index (χ4v) is 5.18. The van der Waals surface area contributed by atoms with Gasteiger partial charge in [-0.15, -0.1) is 11.8 Å². The van der Waals surface area contributed by atoms with Crippen LogP contribution in [0, 0.1) is 0 Å². The normalized spacial score (nSPS) is 15.6. The molecule has 0 aliphatic carbocycles. The first-order chi connectivity index (χ1) is 14.6. The van der Waals surface area contributed by atoms with Crippen LogP contribution in [0.2, 0.25) is 5.02 Å². The first-order valence-corrected chi connectivity index (χ1v) is 11.4. The predicted molar refractivity (Wildman–Crippen MR) is 126 cm³/mol. The minimum absolute atomic E-state index is 0.0955. The molecule has 150 valence electrons. The summed E-state index contributed by atoms with van der Waals surface area (Å²) in [4.78, 5) is 16.5. The number of fused-ring (bicyclic) bond motifs is 2. The van der Waals surface area contributed by atoms with Crippen molar-refractivity contribution in [2.45, 2.75) is 13.1 Å². The molecule has 0 bridgehead atoms. The number of anilines is 1. The molecule has 0 saturated heterocycles. The summed E-state index contributed by atoms with van der Waals surface area (Å²) in [5.74, 6) is 0.650. The molecule has 0 saturated carbocycles. The molecule has 3 aromatic rings. The molecule has 5 rings (SSSR count). The van der Waals surface area contributed by atoms with Crippen molar-refractivity contribution in [2.75, 3.05) is 10.7 Å². The van der Waals surface area contributed by atoms with E-state index in [0.717, 1.165) is 44.7 Å². The van der Waals surface area contributed by atoms with Crippen LogP contribution in [0.25, 0.3) is 4.91 Å². The lowest BCUT2D eigenvalue weighted by Gasteiger charge is -2.23. The molecule has 1 aromatic heterocycles. The van der Waals surface area contributed by atoms with E-state index in [2.05, 4.69) is 22.9 Å². The Bertz CT molecular complexity index is 1210. The van der Waals surface area contributed by atoms with Crippen LogP contribution in [0.3, 0.4) is 0 Å². The monoisotopic (exact) mass is 452 g/mol. The number of nitrogens with zero attached hydrogens (tertiary/aromatic N) is 2. The second-order valence-corrected chi connectivity index (χ2v) is 9.19. The van der Waals surface area contributed by atoms with Gasteiger partial charge in [-0.25, -0.2) is 0 Å². The molecule has 0 fully saturated rings. The summed E-state index contributed by atoms with van der Waals surface area (Å²) in [6, 6.07) is 17.8. The molecular weight excluding hydrogens is 435 g/mol. The van der Waals surface area contributed by atoms with Crippen LogP contribution >= 0.6 is 35.0 Å². The molecule has 2 aliphatic heterocycles. The molecule has 0 radical (unpaired) electrons. The Morgan fingerprint density at radius 1 is 0.967 bits per heavy atom. The standard InChI is InChI=1S/C24H18Cl2N2OS/c25-18-8-10-23(30-15-18)16-7-9-20(21(26)12-16)24(29)28-14-19-5-3-11-27(19)13-17-4-1-2-6-22(17)28/h1-12H,13-15H2. The Morgan fingerprint density at radius 2 is 1.83 bits per heavy atom. The molecule has 3 nitrogen and oxygen atoms in total. The van der Waals surface area contributed by atoms with Gasteiger partial charge in [0.1, 0.15) is 0 Å². The van der Waals surface area contributed by atoms with E-state index in [1.807, 2.05) is 59.5 Å². The van der Waals surface area contributed by atoms with E-state index in [0.29, 0.717) is 17.1 Å². The largest absolute Gasteiger partial charge is 0.345 e. The van der Waals surface area contributed by atoms with E-state index in [1.54, 1.807) is 11.8 Å². The average molecular weight is 453 g/mol. The van der Waals surface area contributed by atoms with Crippen LogP contribution in [0.1, 0.15) is 27.2 Å². The number of allylic oxidation sites excluding steroid dienone is 2. The molecule has 30 heavy (non-hydrogen) atoms. The van der Waals surface area contributed by atoms with Gasteiger partial charge in [0.05, 0.1) is 17.1 Å². The van der Waals surface area contributed by atoms with E-state index in [-0.39, 0.29) is 5.91 Å². The lowest BCUT2D eigenvalue weighted by molar-refractivity contribution is 0.0985. The first kappa shape index (κ1) is 19.6. The van der Waals surface area contributed by atoms with Crippen molar-refractivity contribution in [1.29, 1.82) is 0 Å². The summed E-state index contributed by atoms with van der Waals surface area (Å²) in [5, 5.41) is 1.28. The van der Waals surface area contributed by atoms with Crippen molar-refractivity contribution in [1.82, 2.24) is 4.57 Å². The lowest BCUT2D eigenvalue weighted by Crippen LogP contribution is -2.30. The summed E-state index contributed by atoms with van der Waals surface area (Å²) in [6.45, 7) is 1.25. The maximum Gasteiger partial charge on any atom is 0.260 e. The minimum atomic E-state index is -0.0955. The average Bonchev–Trinajstić information content (AvgIpc) is 3.13. The van der Waals surface area contributed by atoms with Crippen molar-refractivity contribution in [3.05, 3.63) is 105 Å². The number of halogens is 2. The molecule has 0 spiro atoms. The van der Waals surface area contributed by atoms with Crippen LogP contribution < -0.4 is 4.90 Å². The number of hydrogen-bond acceptors (Lipinski definition) is 2. The molecule has 1 amide bonds. The number of carbonyl (C=O) groups is 1. The Labute approximate surface area is 189 Å². The third-order valence-electron chi connectivity index (χ3n) is 5.38. The quantitative estimate of drug-likeness (QED) is 0.439. The van der Waals surface area contributed by atoms with Crippen molar-refractivity contribution >= 4 is 51.5 Å². The van der Waals surface area contributed by atoms with Gasteiger partial charge >= 0.3 is 0 Å². The molecule has 0 atom stereocenters. The SMILES string of the molecule is O=C(c1ccc(C2=CC=C(Cl)CS2)cc1Cl)N1Cc2cccn2Cc2ccccc21. The second kappa shape index (κ2) is 8.03. The highest BCUT2D eigenvalue weighted by molar-refractivity contribution is 8.08. The van der Waals surface area contributed by atoms with E-state index in [4.69, 9.17) is 23.2 Å². The smallest absolute Gasteiger partial charge is 0.260 e. The zero-order valence-corrected chi connectivity index (χ0v) is 18.3. The van der Waals surface area contributed by atoms with Gasteiger partial charge in [-0.1, -0.05) is 47.5 Å². The highest BCUT2D eigenvalue weighted by Gasteiger charge is 2.26. The fourth-order valence-electron chi connectivity index (χ4n) is 3.84. The number of hydrogen-bond donors (Lipinski definition) is 0. The maximum atomic E-state index is 13.6. The van der Waals surface area contributed by atoms with E-state index in [9.17, 15) is 4.79 Å². The Balaban J connectivity index is 1.51. The van der Waals surface area contributed by atoms with Gasteiger partial charge in [-0.3, -0.25) is 4.79 Å². The molecule has 0 unspecified atom stereocenters. The third-order valence-corrected chi connectivity index (χ3v) is 7.25. The topological polar surface area (TPSA) is 25.2 Å². The maximum absolute atomic E-state index is 13.6. The number of rotatable bonds is 2. The lowest BCUT2D eigenvalue weighted by atomic mass is 10.1. The molecular formula is C24H18Cl2N2OS. The van der Waals surface area contributed by atoms with Crippen LogP contribution in [0.5, 0.6) is 0 Å². The summed E-state index contributed by atoms with van der Waals surface area (Å²) >= 11 is 14.3. The van der Waals surface area contributed by atoms with Gasteiger partial charge in [0.15, 0.2) is 0 Å². The molecule has 2 aliphatic rings. The van der Waals surface area contributed by atoms with Crippen molar-refractivity contribution < 1.29 is 4.79 Å². The number of amides is 1. The number of aromatic nitrogens is 1. The Hall–Kier alpha value is -2.40. The molecule has 3 heterocycles. The summed E-state index contributed by atoms with van der Waals surface area (Å²) in [5.41, 5.74) is 4.63. The van der Waals surface area contributed by atoms with Crippen LogP contribution in [-0.4, -0.2) is 16.2 Å². The van der Waals surface area contributed by atoms with Gasteiger partial charge in [-0.2, -0.15) is 0 Å². The van der Waals surface area contributed by atoms with Crippen molar-refractivity contribution in [3.8, 4) is 0 Å². The van der Waals surface area contributed by atoms with Gasteiger partial charge in [-0.05, 0) is 53.6 Å². The fraction of sp³-hybridized carbons (Fsp3) is 0.125. The van der Waals surface area contributed by atoms with Gasteiger partial charge in [0.25, 0.3) is 5.91 Å². The zero-order chi connectivity index (χ0) is 20.7. The van der Waals surface area contributed by atoms with Crippen LogP contribution in [-0.2, 0) is 13.1 Å². The highest BCUT2D eigenvalue weighted by Crippen LogP contribution is 2.36. The molecule has 2 aromatic carbocycles. The number of para-hydroxylation sites is 1. The second-order valence-electron chi connectivity index (χ2n) is 7.28. The van der Waals surface area contributed by atoms with Crippen LogP contribution in [0.15, 0.2) is 78.0 Å². The minimum Gasteiger partial charge on any atom is -0.345 e. The highest BCUT2D eigenvalue weighted by atomic mass is 35.5. The number of benzene rings is 2. The van der Waals surface area contributed by atoms with E-state index in [1.165, 1.54) is 0 Å². The summed E-state index contributed by atoms with van der Waals surface area (Å²) in [6.07, 6.45) is 5.95. The Kier molecular flexibility index (Phi) is 5.23. The van der Waals surface area contributed by atoms with Gasteiger partial charge in [0, 0.05) is 39.8 Å². The van der Waals surface area contributed by atoms with Crippen molar-refractivity contribution in [2.24, 2.45) is 0 Å². The van der Waals surface area contributed by atoms with Gasteiger partial charge in [0.2, 0.25) is 0 Å².